The van der Waals surface area contributed by atoms with E-state index in [-0.39, 0.29) is 12.2 Å². The first kappa shape index (κ1) is 19.7. The summed E-state index contributed by atoms with van der Waals surface area (Å²) in [5.41, 5.74) is 3.81. The molecule has 27 heavy (non-hydrogen) atoms. The van der Waals surface area contributed by atoms with E-state index < -0.39 is 0 Å². The van der Waals surface area contributed by atoms with Crippen LogP contribution in [0.15, 0.2) is 18.5 Å². The maximum absolute atomic E-state index is 12.7. The zero-order valence-electron chi connectivity index (χ0n) is 15.9. The van der Waals surface area contributed by atoms with Crippen molar-refractivity contribution in [2.75, 3.05) is 7.11 Å². The molecule has 0 radical (unpaired) electrons. The van der Waals surface area contributed by atoms with Crippen LogP contribution in [0.25, 0.3) is 10.3 Å². The van der Waals surface area contributed by atoms with Crippen molar-refractivity contribution in [3.05, 3.63) is 45.2 Å². The summed E-state index contributed by atoms with van der Waals surface area (Å²) < 4.78 is 5.06. The average molecular weight is 404 g/mol. The number of halogens is 1. The predicted molar refractivity (Wildman–Crippen MR) is 109 cm³/mol. The number of nitrogens with zero attached hydrogens (tertiary/aromatic N) is 3. The van der Waals surface area contributed by atoms with Crippen LogP contribution in [0.2, 0.25) is 5.02 Å². The van der Waals surface area contributed by atoms with Gasteiger partial charge in [0.1, 0.15) is 21.2 Å². The summed E-state index contributed by atoms with van der Waals surface area (Å²) in [5, 5.41) is 1.40. The van der Waals surface area contributed by atoms with Gasteiger partial charge >= 0.3 is 0 Å². The smallest absolute Gasteiger partial charge is 0.232 e. The van der Waals surface area contributed by atoms with Crippen LogP contribution in [0.3, 0.4) is 0 Å². The Labute approximate surface area is 167 Å². The molecule has 3 aromatic heterocycles. The first-order chi connectivity index (χ1) is 12.9. The highest BCUT2D eigenvalue weighted by atomic mass is 35.5. The number of carbonyl (C=O) groups is 1. The molecule has 0 bridgehead atoms. The number of ketones is 1. The molecule has 0 aliphatic rings. The number of ether oxygens (including phenoxy) is 1. The molecule has 0 saturated carbocycles. The van der Waals surface area contributed by atoms with Crippen molar-refractivity contribution in [1.82, 2.24) is 15.0 Å². The minimum absolute atomic E-state index is 0.0932. The van der Waals surface area contributed by atoms with Gasteiger partial charge in [-0.05, 0) is 42.0 Å². The van der Waals surface area contributed by atoms with Crippen LogP contribution in [-0.2, 0) is 17.6 Å². The van der Waals surface area contributed by atoms with Crippen molar-refractivity contribution in [1.29, 1.82) is 0 Å². The van der Waals surface area contributed by atoms with Crippen LogP contribution in [-0.4, -0.2) is 27.8 Å². The number of thiazole rings is 1. The maximum Gasteiger partial charge on any atom is 0.232 e. The molecule has 7 heteroatoms. The fourth-order valence-corrected chi connectivity index (χ4v) is 4.19. The molecule has 142 valence electrons. The highest BCUT2D eigenvalue weighted by molar-refractivity contribution is 7.18. The summed E-state index contributed by atoms with van der Waals surface area (Å²) in [6.45, 7) is 6.30. The molecule has 1 unspecified atom stereocenters. The Hall–Kier alpha value is -2.05. The Kier molecular flexibility index (Phi) is 6.07. The monoisotopic (exact) mass is 403 g/mol. The van der Waals surface area contributed by atoms with Crippen LogP contribution in [0.4, 0.5) is 0 Å². The van der Waals surface area contributed by atoms with E-state index in [1.807, 2.05) is 13.1 Å². The summed E-state index contributed by atoms with van der Waals surface area (Å²) in [6.07, 6.45) is 5.03. The van der Waals surface area contributed by atoms with Gasteiger partial charge in [0.25, 0.3) is 0 Å². The molecule has 0 aromatic carbocycles. The normalized spacial score (nSPS) is 12.3. The Morgan fingerprint density at radius 1 is 1.30 bits per heavy atom. The molecular formula is C20H22ClN3O2S. The first-order valence-corrected chi connectivity index (χ1v) is 10.1. The molecule has 0 aliphatic carbocycles. The van der Waals surface area contributed by atoms with Gasteiger partial charge in [0.2, 0.25) is 5.88 Å². The van der Waals surface area contributed by atoms with E-state index in [0.29, 0.717) is 23.2 Å². The third kappa shape index (κ3) is 4.28. The van der Waals surface area contributed by atoms with Crippen molar-refractivity contribution in [3.8, 4) is 5.88 Å². The Morgan fingerprint density at radius 3 is 2.74 bits per heavy atom. The van der Waals surface area contributed by atoms with Gasteiger partial charge < -0.3 is 4.74 Å². The van der Waals surface area contributed by atoms with Crippen LogP contribution in [0.5, 0.6) is 5.88 Å². The van der Waals surface area contributed by atoms with Gasteiger partial charge in [-0.2, -0.15) is 0 Å². The Morgan fingerprint density at radius 2 is 2.07 bits per heavy atom. The van der Waals surface area contributed by atoms with Gasteiger partial charge in [-0.3, -0.25) is 4.79 Å². The molecule has 0 amide bonds. The quantitative estimate of drug-likeness (QED) is 0.559. The lowest BCUT2D eigenvalue weighted by Crippen LogP contribution is -2.11. The van der Waals surface area contributed by atoms with Crippen LogP contribution in [0.1, 0.15) is 47.9 Å². The largest absolute Gasteiger partial charge is 0.480 e. The minimum Gasteiger partial charge on any atom is -0.480 e. The van der Waals surface area contributed by atoms with Crippen molar-refractivity contribution in [3.63, 3.8) is 0 Å². The van der Waals surface area contributed by atoms with Crippen molar-refractivity contribution in [2.45, 2.75) is 46.0 Å². The van der Waals surface area contributed by atoms with E-state index in [2.05, 4.69) is 28.8 Å². The second kappa shape index (κ2) is 8.31. The van der Waals surface area contributed by atoms with Crippen molar-refractivity contribution in [2.24, 2.45) is 0 Å². The van der Waals surface area contributed by atoms with Crippen molar-refractivity contribution >= 4 is 39.1 Å². The van der Waals surface area contributed by atoms with Crippen LogP contribution >= 0.6 is 22.9 Å². The van der Waals surface area contributed by atoms with E-state index in [1.54, 1.807) is 23.6 Å². The molecule has 3 aromatic rings. The van der Waals surface area contributed by atoms with E-state index in [9.17, 15) is 4.79 Å². The molecule has 0 saturated heterocycles. The van der Waals surface area contributed by atoms with Crippen molar-refractivity contribution < 1.29 is 9.53 Å². The summed E-state index contributed by atoms with van der Waals surface area (Å²) in [6, 6.07) is 1.73. The summed E-state index contributed by atoms with van der Waals surface area (Å²) in [4.78, 5) is 27.0. The number of Topliss-reactive ketones (excluding diaryl/α,β-unsaturated/α-hetero) is 1. The molecular weight excluding hydrogens is 382 g/mol. The van der Waals surface area contributed by atoms with Gasteiger partial charge in [0.15, 0.2) is 0 Å². The molecule has 3 rings (SSSR count). The zero-order valence-corrected chi connectivity index (χ0v) is 17.4. The van der Waals surface area contributed by atoms with Gasteiger partial charge in [0.05, 0.1) is 12.1 Å². The topological polar surface area (TPSA) is 65.0 Å². The number of pyridine rings is 2. The average Bonchev–Trinajstić information content (AvgIpc) is 3.01. The SMILES string of the molecule is CCC(C)c1c(CC(=O)Cc2cnc(OC)c(Cl)c2)cnc2sc(C)nc12. The number of hydrogen-bond acceptors (Lipinski definition) is 6. The van der Waals surface area contributed by atoms with E-state index in [4.69, 9.17) is 16.3 Å². The molecule has 0 aliphatic heterocycles. The lowest BCUT2D eigenvalue weighted by atomic mass is 9.91. The van der Waals surface area contributed by atoms with Crippen LogP contribution in [0, 0.1) is 6.92 Å². The molecule has 3 heterocycles. The number of hydrogen-bond donors (Lipinski definition) is 0. The number of carbonyl (C=O) groups excluding carboxylic acids is 1. The van der Waals surface area contributed by atoms with E-state index in [0.717, 1.165) is 38.5 Å². The summed E-state index contributed by atoms with van der Waals surface area (Å²) in [7, 11) is 1.51. The Bertz CT molecular complexity index is 987. The molecule has 0 fully saturated rings. The highest BCUT2D eigenvalue weighted by Crippen LogP contribution is 2.32. The third-order valence-electron chi connectivity index (χ3n) is 4.61. The number of aromatic nitrogens is 3. The van der Waals surface area contributed by atoms with E-state index >= 15 is 0 Å². The van der Waals surface area contributed by atoms with Gasteiger partial charge in [-0.1, -0.05) is 36.8 Å². The highest BCUT2D eigenvalue weighted by Gasteiger charge is 2.19. The van der Waals surface area contributed by atoms with Gasteiger partial charge in [-0.15, -0.1) is 0 Å². The second-order valence-corrected chi connectivity index (χ2v) is 8.21. The number of methoxy groups -OCH3 is 1. The first-order valence-electron chi connectivity index (χ1n) is 8.87. The van der Waals surface area contributed by atoms with Gasteiger partial charge in [-0.25, -0.2) is 15.0 Å². The lowest BCUT2D eigenvalue weighted by Gasteiger charge is -2.15. The van der Waals surface area contributed by atoms with Gasteiger partial charge in [0, 0.05) is 25.2 Å². The summed E-state index contributed by atoms with van der Waals surface area (Å²) >= 11 is 7.70. The number of rotatable bonds is 7. The molecule has 1 atom stereocenters. The fourth-order valence-electron chi connectivity index (χ4n) is 3.15. The number of fused-ring (bicyclic) bond motifs is 1. The second-order valence-electron chi connectivity index (χ2n) is 6.62. The summed E-state index contributed by atoms with van der Waals surface area (Å²) in [5.74, 6) is 0.771. The maximum atomic E-state index is 12.7. The Balaban J connectivity index is 1.87. The fraction of sp³-hybridized carbons (Fsp3) is 0.400. The van der Waals surface area contributed by atoms with Crippen LogP contribution < -0.4 is 4.74 Å². The zero-order chi connectivity index (χ0) is 19.6. The molecule has 5 nitrogen and oxygen atoms in total. The third-order valence-corrected chi connectivity index (χ3v) is 5.76. The molecule has 0 N–H and O–H groups in total. The minimum atomic E-state index is 0.0932. The lowest BCUT2D eigenvalue weighted by molar-refractivity contribution is -0.117. The standard InChI is InChI=1S/C20H22ClN3O2S/c1-5-11(2)17-14(10-23-20-18(17)24-12(3)27-20)8-15(25)6-13-7-16(21)19(26-4)22-9-13/h7,9-11H,5-6,8H2,1-4H3. The van der Waals surface area contributed by atoms with E-state index in [1.165, 1.54) is 7.11 Å². The predicted octanol–water partition coefficient (Wildman–Crippen LogP) is 4.92. The molecule has 0 spiro atoms. The number of aryl methyl sites for hydroxylation is 1.